The molecule has 2 N–H and O–H groups in total. The van der Waals surface area contributed by atoms with E-state index >= 15 is 0 Å². The first-order valence-electron chi connectivity index (χ1n) is 7.98. The van der Waals surface area contributed by atoms with Crippen molar-refractivity contribution in [1.82, 2.24) is 0 Å². The van der Waals surface area contributed by atoms with Crippen molar-refractivity contribution in [3.8, 4) is 0 Å². The number of anilines is 1. The van der Waals surface area contributed by atoms with Gasteiger partial charge >= 0.3 is 0 Å². The van der Waals surface area contributed by atoms with Crippen LogP contribution in [0.2, 0.25) is 0 Å². The van der Waals surface area contributed by atoms with Crippen LogP contribution in [0.5, 0.6) is 0 Å². The standard InChI is InChI=1S/C18H23FN2O2S/c1-3-21(4-2)16-9-5-14(6-10-16)18(13-20)24(22,23)17-11-7-15(19)8-12-17/h5-12,18H,3-4,13,20H2,1-2H3/t18-/m1/s1. The lowest BCUT2D eigenvalue weighted by atomic mass is 10.1. The average molecular weight is 350 g/mol. The zero-order chi connectivity index (χ0) is 17.7. The average Bonchev–Trinajstić information content (AvgIpc) is 2.58. The predicted octanol–water partition coefficient (Wildman–Crippen LogP) is 3.15. The van der Waals surface area contributed by atoms with Gasteiger partial charge in [-0.05, 0) is 55.8 Å². The van der Waals surface area contributed by atoms with Gasteiger partial charge in [-0.25, -0.2) is 12.8 Å². The molecule has 1 atom stereocenters. The maximum absolute atomic E-state index is 13.0. The predicted molar refractivity (Wildman–Crippen MR) is 95.4 cm³/mol. The molecular weight excluding hydrogens is 327 g/mol. The molecule has 0 heterocycles. The largest absolute Gasteiger partial charge is 0.372 e. The van der Waals surface area contributed by atoms with Crippen molar-refractivity contribution in [2.75, 3.05) is 24.5 Å². The number of nitrogens with zero attached hydrogens (tertiary/aromatic N) is 1. The zero-order valence-electron chi connectivity index (χ0n) is 13.9. The van der Waals surface area contributed by atoms with Crippen molar-refractivity contribution in [2.45, 2.75) is 24.0 Å². The molecule has 0 spiro atoms. The van der Waals surface area contributed by atoms with E-state index in [-0.39, 0.29) is 11.4 Å². The van der Waals surface area contributed by atoms with Crippen LogP contribution in [0.25, 0.3) is 0 Å². The van der Waals surface area contributed by atoms with Crippen LogP contribution in [0.1, 0.15) is 24.7 Å². The van der Waals surface area contributed by atoms with Crippen LogP contribution in [0.4, 0.5) is 10.1 Å². The van der Waals surface area contributed by atoms with Gasteiger partial charge in [-0.2, -0.15) is 0 Å². The number of nitrogens with two attached hydrogens (primary N) is 1. The van der Waals surface area contributed by atoms with Gasteiger partial charge in [0.25, 0.3) is 0 Å². The van der Waals surface area contributed by atoms with E-state index in [1.165, 1.54) is 12.1 Å². The molecule has 0 aromatic heterocycles. The van der Waals surface area contributed by atoms with Crippen molar-refractivity contribution in [2.24, 2.45) is 5.73 Å². The lowest BCUT2D eigenvalue weighted by Gasteiger charge is -2.22. The second kappa shape index (κ2) is 7.77. The van der Waals surface area contributed by atoms with Crippen molar-refractivity contribution >= 4 is 15.5 Å². The van der Waals surface area contributed by atoms with Gasteiger partial charge < -0.3 is 10.6 Å². The number of hydrogen-bond donors (Lipinski definition) is 1. The molecule has 0 aliphatic rings. The van der Waals surface area contributed by atoms with Crippen molar-refractivity contribution < 1.29 is 12.8 Å². The fraction of sp³-hybridized carbons (Fsp3) is 0.333. The summed E-state index contributed by atoms with van der Waals surface area (Å²) in [6.45, 7) is 5.86. The lowest BCUT2D eigenvalue weighted by molar-refractivity contribution is 0.581. The third-order valence-electron chi connectivity index (χ3n) is 4.12. The van der Waals surface area contributed by atoms with Crippen LogP contribution in [0.15, 0.2) is 53.4 Å². The summed E-state index contributed by atoms with van der Waals surface area (Å²) in [6.07, 6.45) is 0. The molecule has 0 amide bonds. The van der Waals surface area contributed by atoms with E-state index in [0.29, 0.717) is 5.56 Å². The number of hydrogen-bond acceptors (Lipinski definition) is 4. The first-order chi connectivity index (χ1) is 11.4. The van der Waals surface area contributed by atoms with Gasteiger partial charge in [0, 0.05) is 25.3 Å². The minimum atomic E-state index is -3.67. The maximum atomic E-state index is 13.0. The Kier molecular flexibility index (Phi) is 5.96. The summed E-state index contributed by atoms with van der Waals surface area (Å²) in [6, 6.07) is 12.2. The minimum absolute atomic E-state index is 0.0374. The maximum Gasteiger partial charge on any atom is 0.186 e. The summed E-state index contributed by atoms with van der Waals surface area (Å²) in [5.74, 6) is -0.471. The van der Waals surface area contributed by atoms with E-state index < -0.39 is 20.9 Å². The fourth-order valence-corrected chi connectivity index (χ4v) is 4.33. The molecule has 0 aliphatic carbocycles. The molecule has 4 nitrogen and oxygen atoms in total. The van der Waals surface area contributed by atoms with Crippen LogP contribution in [-0.2, 0) is 9.84 Å². The minimum Gasteiger partial charge on any atom is -0.372 e. The first-order valence-corrected chi connectivity index (χ1v) is 9.53. The normalized spacial score (nSPS) is 12.8. The highest BCUT2D eigenvalue weighted by Crippen LogP contribution is 2.29. The summed E-state index contributed by atoms with van der Waals surface area (Å²) in [7, 11) is -3.67. The Balaban J connectivity index is 2.35. The molecule has 0 radical (unpaired) electrons. The van der Waals surface area contributed by atoms with E-state index in [1.54, 1.807) is 12.1 Å². The third-order valence-corrected chi connectivity index (χ3v) is 6.27. The summed E-state index contributed by atoms with van der Waals surface area (Å²) in [4.78, 5) is 2.25. The van der Waals surface area contributed by atoms with Gasteiger partial charge in [-0.1, -0.05) is 12.1 Å². The highest BCUT2D eigenvalue weighted by Gasteiger charge is 2.28. The molecule has 0 fully saturated rings. The fourth-order valence-electron chi connectivity index (χ4n) is 2.72. The van der Waals surface area contributed by atoms with Gasteiger partial charge in [-0.3, -0.25) is 0 Å². The Hall–Kier alpha value is -1.92. The highest BCUT2D eigenvalue weighted by atomic mass is 32.2. The second-order valence-corrected chi connectivity index (χ2v) is 7.62. The Labute approximate surface area is 143 Å². The summed E-state index contributed by atoms with van der Waals surface area (Å²) < 4.78 is 38.6. The van der Waals surface area contributed by atoms with Crippen molar-refractivity contribution in [3.05, 3.63) is 59.9 Å². The molecule has 0 unspecified atom stereocenters. The molecule has 130 valence electrons. The monoisotopic (exact) mass is 350 g/mol. The number of halogens is 1. The van der Waals surface area contributed by atoms with Crippen LogP contribution < -0.4 is 10.6 Å². The third kappa shape index (κ3) is 3.76. The highest BCUT2D eigenvalue weighted by molar-refractivity contribution is 7.91. The summed E-state index contributed by atoms with van der Waals surface area (Å²) in [5.41, 5.74) is 7.42. The molecule has 0 saturated heterocycles. The smallest absolute Gasteiger partial charge is 0.186 e. The van der Waals surface area contributed by atoms with Gasteiger partial charge in [0.05, 0.1) is 4.90 Å². The number of rotatable bonds is 7. The second-order valence-electron chi connectivity index (χ2n) is 5.49. The Bertz CT molecular complexity index is 755. The molecule has 0 saturated carbocycles. The quantitative estimate of drug-likeness (QED) is 0.779. The summed E-state index contributed by atoms with van der Waals surface area (Å²) in [5, 5.41) is -0.853. The molecule has 2 aromatic carbocycles. The van der Waals surface area contributed by atoms with E-state index in [0.717, 1.165) is 30.9 Å². The van der Waals surface area contributed by atoms with Crippen LogP contribution >= 0.6 is 0 Å². The topological polar surface area (TPSA) is 63.4 Å². The Morgan fingerprint density at radius 1 is 1.00 bits per heavy atom. The molecule has 0 aliphatic heterocycles. The van der Waals surface area contributed by atoms with E-state index in [1.807, 2.05) is 12.1 Å². The van der Waals surface area contributed by atoms with Crippen LogP contribution in [0, 0.1) is 5.82 Å². The van der Waals surface area contributed by atoms with Crippen molar-refractivity contribution in [1.29, 1.82) is 0 Å². The van der Waals surface area contributed by atoms with Gasteiger partial charge in [-0.15, -0.1) is 0 Å². The molecule has 6 heteroatoms. The number of sulfone groups is 1. The lowest BCUT2D eigenvalue weighted by Crippen LogP contribution is -2.23. The SMILES string of the molecule is CCN(CC)c1ccc([C@@H](CN)S(=O)(=O)c2ccc(F)cc2)cc1. The molecule has 2 aromatic rings. The molecular formula is C18H23FN2O2S. The summed E-state index contributed by atoms with van der Waals surface area (Å²) >= 11 is 0. The van der Waals surface area contributed by atoms with Gasteiger partial charge in [0.15, 0.2) is 9.84 Å². The van der Waals surface area contributed by atoms with Gasteiger partial charge in [0.1, 0.15) is 11.1 Å². The van der Waals surface area contributed by atoms with E-state index in [2.05, 4.69) is 18.7 Å². The van der Waals surface area contributed by atoms with Crippen LogP contribution in [0.3, 0.4) is 0 Å². The van der Waals surface area contributed by atoms with Gasteiger partial charge in [0.2, 0.25) is 0 Å². The molecule has 0 bridgehead atoms. The molecule has 24 heavy (non-hydrogen) atoms. The van der Waals surface area contributed by atoms with Crippen molar-refractivity contribution in [3.63, 3.8) is 0 Å². The van der Waals surface area contributed by atoms with Crippen LogP contribution in [-0.4, -0.2) is 28.1 Å². The number of benzene rings is 2. The first kappa shape index (κ1) is 18.4. The van der Waals surface area contributed by atoms with E-state index in [9.17, 15) is 12.8 Å². The Morgan fingerprint density at radius 2 is 1.54 bits per heavy atom. The zero-order valence-corrected chi connectivity index (χ0v) is 14.8. The Morgan fingerprint density at radius 3 is 2.00 bits per heavy atom. The van der Waals surface area contributed by atoms with E-state index in [4.69, 9.17) is 5.73 Å². The molecule has 2 rings (SSSR count).